The van der Waals surface area contributed by atoms with Crippen molar-refractivity contribution in [1.29, 1.82) is 0 Å². The quantitative estimate of drug-likeness (QED) is 0.760. The summed E-state index contributed by atoms with van der Waals surface area (Å²) >= 11 is 0. The summed E-state index contributed by atoms with van der Waals surface area (Å²) in [6.07, 6.45) is 2.84. The number of H-pyrrole nitrogens is 1. The van der Waals surface area contributed by atoms with E-state index in [0.29, 0.717) is 26.2 Å². The molecular weight excluding hydrogens is 270 g/mol. The number of nitrogens with zero attached hydrogens (tertiary/aromatic N) is 3. The Morgan fingerprint density at radius 2 is 2.19 bits per heavy atom. The number of rotatable bonds is 6. The van der Waals surface area contributed by atoms with Gasteiger partial charge in [0.1, 0.15) is 5.82 Å². The molecule has 1 amide bonds. The number of amides is 1. The third-order valence-electron chi connectivity index (χ3n) is 3.67. The minimum atomic E-state index is -0.0986. The van der Waals surface area contributed by atoms with E-state index in [1.807, 2.05) is 13.8 Å². The van der Waals surface area contributed by atoms with Crippen molar-refractivity contribution in [3.8, 4) is 0 Å². The van der Waals surface area contributed by atoms with Crippen molar-refractivity contribution < 1.29 is 9.53 Å². The molecule has 3 N–H and O–H groups in total. The Kier molecular flexibility index (Phi) is 5.69. The number of piperidine rings is 1. The number of nitrogens with one attached hydrogen (secondary N) is 1. The molecule has 2 heterocycles. The van der Waals surface area contributed by atoms with Crippen LogP contribution in [0.4, 0.5) is 0 Å². The number of hydrogen-bond acceptors (Lipinski definition) is 5. The standard InChI is InChI=1S/C14H25N5O2/c1-10(2)12-16-13(18-17-12)14(20)19-7-4-11(5-8-19)21-9-3-6-15/h10-11H,3-9,15H2,1-2H3,(H,16,17,18). The number of carbonyl (C=O) groups is 1. The summed E-state index contributed by atoms with van der Waals surface area (Å²) in [7, 11) is 0. The molecule has 0 aliphatic carbocycles. The lowest BCUT2D eigenvalue weighted by molar-refractivity contribution is 0.00813. The highest BCUT2D eigenvalue weighted by Gasteiger charge is 2.26. The lowest BCUT2D eigenvalue weighted by atomic mass is 10.1. The number of hydrogen-bond donors (Lipinski definition) is 2. The summed E-state index contributed by atoms with van der Waals surface area (Å²) in [6, 6.07) is 0. The average molecular weight is 295 g/mol. The van der Waals surface area contributed by atoms with Crippen molar-refractivity contribution in [1.82, 2.24) is 20.1 Å². The predicted molar refractivity (Wildman–Crippen MR) is 79.0 cm³/mol. The van der Waals surface area contributed by atoms with Gasteiger partial charge in [0.05, 0.1) is 6.10 Å². The topological polar surface area (TPSA) is 97.1 Å². The molecule has 0 aromatic carbocycles. The van der Waals surface area contributed by atoms with Gasteiger partial charge in [-0.05, 0) is 25.8 Å². The van der Waals surface area contributed by atoms with Crippen molar-refractivity contribution in [2.75, 3.05) is 26.2 Å². The van der Waals surface area contributed by atoms with Crippen LogP contribution in [0.3, 0.4) is 0 Å². The van der Waals surface area contributed by atoms with Crippen LogP contribution in [0.25, 0.3) is 0 Å². The first-order valence-electron chi connectivity index (χ1n) is 7.65. The number of aromatic amines is 1. The van der Waals surface area contributed by atoms with Crippen LogP contribution >= 0.6 is 0 Å². The van der Waals surface area contributed by atoms with E-state index in [1.54, 1.807) is 4.90 Å². The second-order valence-electron chi connectivity index (χ2n) is 5.70. The van der Waals surface area contributed by atoms with E-state index < -0.39 is 0 Å². The molecule has 0 atom stereocenters. The van der Waals surface area contributed by atoms with E-state index in [-0.39, 0.29) is 23.8 Å². The highest BCUT2D eigenvalue weighted by Crippen LogP contribution is 2.16. The summed E-state index contributed by atoms with van der Waals surface area (Å²) in [5.41, 5.74) is 5.44. The van der Waals surface area contributed by atoms with Crippen LogP contribution in [0.2, 0.25) is 0 Å². The first-order valence-corrected chi connectivity index (χ1v) is 7.65. The number of ether oxygens (including phenoxy) is 1. The van der Waals surface area contributed by atoms with Gasteiger partial charge >= 0.3 is 0 Å². The SMILES string of the molecule is CC(C)c1nc(C(=O)N2CCC(OCCCN)CC2)n[nH]1. The molecule has 1 aliphatic rings. The number of carbonyl (C=O) groups excluding carboxylic acids is 1. The third kappa shape index (κ3) is 4.25. The monoisotopic (exact) mass is 295 g/mol. The van der Waals surface area contributed by atoms with E-state index >= 15 is 0 Å². The van der Waals surface area contributed by atoms with Crippen LogP contribution in [0.5, 0.6) is 0 Å². The van der Waals surface area contributed by atoms with Crippen molar-refractivity contribution in [2.24, 2.45) is 5.73 Å². The van der Waals surface area contributed by atoms with Gasteiger partial charge in [0.2, 0.25) is 5.82 Å². The highest BCUT2D eigenvalue weighted by atomic mass is 16.5. The maximum Gasteiger partial charge on any atom is 0.293 e. The van der Waals surface area contributed by atoms with Gasteiger partial charge < -0.3 is 15.4 Å². The van der Waals surface area contributed by atoms with Gasteiger partial charge in [0.25, 0.3) is 5.91 Å². The van der Waals surface area contributed by atoms with Gasteiger partial charge in [-0.15, -0.1) is 5.10 Å². The largest absolute Gasteiger partial charge is 0.378 e. The molecule has 0 bridgehead atoms. The molecule has 1 aromatic rings. The molecule has 1 aromatic heterocycles. The fourth-order valence-electron chi connectivity index (χ4n) is 2.33. The zero-order chi connectivity index (χ0) is 15.2. The van der Waals surface area contributed by atoms with Crippen molar-refractivity contribution >= 4 is 5.91 Å². The molecule has 2 rings (SSSR count). The summed E-state index contributed by atoms with van der Waals surface area (Å²) in [6.45, 7) is 6.77. The smallest absolute Gasteiger partial charge is 0.293 e. The molecule has 1 aliphatic heterocycles. The summed E-state index contributed by atoms with van der Waals surface area (Å²) in [5.74, 6) is 1.15. The number of nitrogens with two attached hydrogens (primary N) is 1. The van der Waals surface area contributed by atoms with Crippen LogP contribution in [0.15, 0.2) is 0 Å². The second kappa shape index (κ2) is 7.51. The van der Waals surface area contributed by atoms with E-state index in [2.05, 4.69) is 15.2 Å². The van der Waals surface area contributed by atoms with E-state index in [4.69, 9.17) is 10.5 Å². The third-order valence-corrected chi connectivity index (χ3v) is 3.67. The fraction of sp³-hybridized carbons (Fsp3) is 0.786. The molecule has 21 heavy (non-hydrogen) atoms. The first kappa shape index (κ1) is 15.9. The minimum Gasteiger partial charge on any atom is -0.378 e. The van der Waals surface area contributed by atoms with Gasteiger partial charge in [-0.1, -0.05) is 13.8 Å². The zero-order valence-electron chi connectivity index (χ0n) is 12.8. The molecular formula is C14H25N5O2. The molecule has 1 fully saturated rings. The Hall–Kier alpha value is -1.47. The van der Waals surface area contributed by atoms with Crippen LogP contribution in [-0.4, -0.2) is 58.3 Å². The van der Waals surface area contributed by atoms with Gasteiger partial charge in [0.15, 0.2) is 0 Å². The van der Waals surface area contributed by atoms with E-state index in [1.165, 1.54) is 0 Å². The van der Waals surface area contributed by atoms with Crippen molar-refractivity contribution in [3.05, 3.63) is 11.6 Å². The highest BCUT2D eigenvalue weighted by molar-refractivity contribution is 5.90. The first-order chi connectivity index (χ1) is 10.1. The zero-order valence-corrected chi connectivity index (χ0v) is 12.8. The maximum atomic E-state index is 12.3. The van der Waals surface area contributed by atoms with E-state index in [0.717, 1.165) is 25.1 Å². The Labute approximate surface area is 125 Å². The average Bonchev–Trinajstić information content (AvgIpc) is 2.97. The molecule has 0 spiro atoms. The molecule has 7 nitrogen and oxygen atoms in total. The predicted octanol–water partition coefficient (Wildman–Crippen LogP) is 0.898. The summed E-state index contributed by atoms with van der Waals surface area (Å²) in [4.78, 5) is 18.4. The minimum absolute atomic E-state index is 0.0986. The van der Waals surface area contributed by atoms with Gasteiger partial charge in [0, 0.05) is 25.6 Å². The van der Waals surface area contributed by atoms with Crippen molar-refractivity contribution in [3.63, 3.8) is 0 Å². The molecule has 1 saturated heterocycles. The number of likely N-dealkylation sites (tertiary alicyclic amines) is 1. The van der Waals surface area contributed by atoms with Crippen LogP contribution in [-0.2, 0) is 4.74 Å². The Balaban J connectivity index is 1.82. The molecule has 0 saturated carbocycles. The Morgan fingerprint density at radius 3 is 2.76 bits per heavy atom. The number of aromatic nitrogens is 3. The lowest BCUT2D eigenvalue weighted by Crippen LogP contribution is -2.41. The van der Waals surface area contributed by atoms with Gasteiger partial charge in [-0.2, -0.15) is 0 Å². The maximum absolute atomic E-state index is 12.3. The van der Waals surface area contributed by atoms with Crippen molar-refractivity contribution in [2.45, 2.75) is 45.1 Å². The van der Waals surface area contributed by atoms with Crippen LogP contribution in [0.1, 0.15) is 55.5 Å². The summed E-state index contributed by atoms with van der Waals surface area (Å²) in [5, 5.41) is 6.84. The lowest BCUT2D eigenvalue weighted by Gasteiger charge is -2.31. The van der Waals surface area contributed by atoms with Crippen LogP contribution < -0.4 is 5.73 Å². The fourth-order valence-corrected chi connectivity index (χ4v) is 2.33. The molecule has 0 unspecified atom stereocenters. The van der Waals surface area contributed by atoms with Crippen LogP contribution in [0, 0.1) is 0 Å². The normalized spacial score (nSPS) is 16.7. The van der Waals surface area contributed by atoms with Gasteiger partial charge in [-0.3, -0.25) is 9.89 Å². The summed E-state index contributed by atoms with van der Waals surface area (Å²) < 4.78 is 5.74. The molecule has 7 heteroatoms. The Morgan fingerprint density at radius 1 is 1.48 bits per heavy atom. The molecule has 0 radical (unpaired) electrons. The van der Waals surface area contributed by atoms with E-state index in [9.17, 15) is 4.79 Å². The second-order valence-corrected chi connectivity index (χ2v) is 5.70. The van der Waals surface area contributed by atoms with Gasteiger partial charge in [-0.25, -0.2) is 4.98 Å². The Bertz CT molecular complexity index is 452. The molecule has 118 valence electrons.